The fourth-order valence-corrected chi connectivity index (χ4v) is 2.71. The van der Waals surface area contributed by atoms with E-state index in [-0.39, 0.29) is 12.1 Å². The summed E-state index contributed by atoms with van der Waals surface area (Å²) in [6, 6.07) is -0.413. The van der Waals surface area contributed by atoms with Crippen molar-refractivity contribution in [3.05, 3.63) is 0 Å². The van der Waals surface area contributed by atoms with Gasteiger partial charge in [0.1, 0.15) is 6.04 Å². The quantitative estimate of drug-likeness (QED) is 0.637. The molecule has 1 saturated carbocycles. The van der Waals surface area contributed by atoms with Gasteiger partial charge in [-0.25, -0.2) is 4.79 Å². The molecule has 1 aliphatic heterocycles. The third-order valence-electron chi connectivity index (χ3n) is 3.77. The fraction of sp³-hybridized carbons (Fsp3) is 0.833. The average molecular weight is 254 g/mol. The van der Waals surface area contributed by atoms with E-state index in [9.17, 15) is 9.59 Å². The van der Waals surface area contributed by atoms with Crippen LogP contribution in [-0.4, -0.2) is 48.6 Å². The van der Waals surface area contributed by atoms with Gasteiger partial charge in [0.25, 0.3) is 0 Å². The van der Waals surface area contributed by atoms with Crippen LogP contribution in [0.2, 0.25) is 0 Å². The standard InChI is InChI=1S/C12H22N4O2/c13-11(17)10-8-14-6-7-16(10)12(18)15-9-4-2-1-3-5-9/h9-10,14H,1-8H2,(H2,13,17)(H,15,18)/t10-/m1/s1. The Morgan fingerprint density at radius 1 is 1.22 bits per heavy atom. The van der Waals surface area contributed by atoms with Gasteiger partial charge in [0.2, 0.25) is 5.91 Å². The summed E-state index contributed by atoms with van der Waals surface area (Å²) in [4.78, 5) is 25.0. The van der Waals surface area contributed by atoms with E-state index < -0.39 is 11.9 Å². The highest BCUT2D eigenvalue weighted by molar-refractivity contribution is 5.86. The summed E-state index contributed by atoms with van der Waals surface area (Å²) < 4.78 is 0. The van der Waals surface area contributed by atoms with Gasteiger partial charge < -0.3 is 21.3 Å². The maximum atomic E-state index is 12.2. The summed E-state index contributed by atoms with van der Waals surface area (Å²) >= 11 is 0. The minimum absolute atomic E-state index is 0.146. The molecule has 2 aliphatic rings. The van der Waals surface area contributed by atoms with Crippen LogP contribution in [0.5, 0.6) is 0 Å². The molecule has 18 heavy (non-hydrogen) atoms. The van der Waals surface area contributed by atoms with Crippen LogP contribution in [0, 0.1) is 0 Å². The molecule has 3 amide bonds. The number of nitrogens with zero attached hydrogens (tertiary/aromatic N) is 1. The molecule has 102 valence electrons. The number of rotatable bonds is 2. The van der Waals surface area contributed by atoms with Gasteiger partial charge in [-0.15, -0.1) is 0 Å². The molecule has 2 rings (SSSR count). The Bertz CT molecular complexity index is 315. The monoisotopic (exact) mass is 254 g/mol. The van der Waals surface area contributed by atoms with Gasteiger partial charge in [0.05, 0.1) is 0 Å². The summed E-state index contributed by atoms with van der Waals surface area (Å²) in [5, 5.41) is 6.11. The van der Waals surface area contributed by atoms with Crippen LogP contribution in [0.15, 0.2) is 0 Å². The van der Waals surface area contributed by atoms with Crippen LogP contribution in [0.25, 0.3) is 0 Å². The summed E-state index contributed by atoms with van der Waals surface area (Å²) in [6.07, 6.45) is 5.68. The van der Waals surface area contributed by atoms with E-state index in [4.69, 9.17) is 5.73 Å². The van der Waals surface area contributed by atoms with Crippen molar-refractivity contribution < 1.29 is 9.59 Å². The first kappa shape index (κ1) is 13.1. The van der Waals surface area contributed by atoms with Gasteiger partial charge >= 0.3 is 6.03 Å². The smallest absolute Gasteiger partial charge is 0.318 e. The van der Waals surface area contributed by atoms with Crippen molar-refractivity contribution in [2.24, 2.45) is 5.73 Å². The topological polar surface area (TPSA) is 87.5 Å². The number of primary amides is 1. The molecule has 0 bridgehead atoms. The Morgan fingerprint density at radius 3 is 2.61 bits per heavy atom. The van der Waals surface area contributed by atoms with Gasteiger partial charge in [-0.3, -0.25) is 4.79 Å². The van der Waals surface area contributed by atoms with Gasteiger partial charge in [-0.1, -0.05) is 19.3 Å². The normalized spacial score (nSPS) is 25.8. The molecular weight excluding hydrogens is 232 g/mol. The Kier molecular flexibility index (Phi) is 4.41. The molecule has 0 unspecified atom stereocenters. The van der Waals surface area contributed by atoms with E-state index in [0.29, 0.717) is 19.6 Å². The molecule has 0 aromatic heterocycles. The van der Waals surface area contributed by atoms with Crippen molar-refractivity contribution in [3.63, 3.8) is 0 Å². The fourth-order valence-electron chi connectivity index (χ4n) is 2.71. The van der Waals surface area contributed by atoms with Crippen molar-refractivity contribution in [1.82, 2.24) is 15.5 Å². The third kappa shape index (κ3) is 3.13. The van der Waals surface area contributed by atoms with E-state index in [1.807, 2.05) is 0 Å². The Hall–Kier alpha value is -1.30. The highest BCUT2D eigenvalue weighted by Gasteiger charge is 2.31. The SMILES string of the molecule is NC(=O)[C@H]1CNCCN1C(=O)NC1CCCCC1. The molecule has 0 aromatic carbocycles. The Morgan fingerprint density at radius 2 is 1.94 bits per heavy atom. The molecule has 1 atom stereocenters. The van der Waals surface area contributed by atoms with Crippen molar-refractivity contribution in [3.8, 4) is 0 Å². The first-order valence-corrected chi connectivity index (χ1v) is 6.75. The number of piperazine rings is 1. The summed E-state index contributed by atoms with van der Waals surface area (Å²) in [5.41, 5.74) is 5.33. The van der Waals surface area contributed by atoms with Crippen molar-refractivity contribution in [2.45, 2.75) is 44.2 Å². The van der Waals surface area contributed by atoms with E-state index >= 15 is 0 Å². The number of urea groups is 1. The van der Waals surface area contributed by atoms with Gasteiger partial charge in [-0.05, 0) is 12.8 Å². The van der Waals surface area contributed by atoms with Crippen LogP contribution >= 0.6 is 0 Å². The summed E-state index contributed by atoms with van der Waals surface area (Å²) in [7, 11) is 0. The highest BCUT2D eigenvalue weighted by Crippen LogP contribution is 2.18. The molecule has 1 aliphatic carbocycles. The Balaban J connectivity index is 1.91. The lowest BCUT2D eigenvalue weighted by atomic mass is 9.96. The number of carbonyl (C=O) groups is 2. The van der Waals surface area contributed by atoms with Crippen molar-refractivity contribution in [2.75, 3.05) is 19.6 Å². The number of hydrogen-bond donors (Lipinski definition) is 3. The van der Waals surface area contributed by atoms with Crippen LogP contribution in [-0.2, 0) is 4.79 Å². The van der Waals surface area contributed by atoms with Gasteiger partial charge in [0, 0.05) is 25.7 Å². The van der Waals surface area contributed by atoms with Crippen LogP contribution in [0.3, 0.4) is 0 Å². The number of nitrogens with one attached hydrogen (secondary N) is 2. The molecular formula is C12H22N4O2. The van der Waals surface area contributed by atoms with Crippen LogP contribution in [0.1, 0.15) is 32.1 Å². The first-order chi connectivity index (χ1) is 8.68. The molecule has 2 fully saturated rings. The van der Waals surface area contributed by atoms with Gasteiger partial charge in [-0.2, -0.15) is 0 Å². The number of nitrogens with two attached hydrogens (primary N) is 1. The lowest BCUT2D eigenvalue weighted by Gasteiger charge is -2.35. The maximum Gasteiger partial charge on any atom is 0.318 e. The van der Waals surface area contributed by atoms with E-state index in [2.05, 4.69) is 10.6 Å². The molecule has 6 nitrogen and oxygen atoms in total. The predicted octanol–water partition coefficient (Wildman–Crippen LogP) is -0.212. The highest BCUT2D eigenvalue weighted by atomic mass is 16.2. The minimum Gasteiger partial charge on any atom is -0.368 e. The lowest BCUT2D eigenvalue weighted by Crippen LogP contribution is -2.61. The van der Waals surface area contributed by atoms with Crippen molar-refractivity contribution >= 4 is 11.9 Å². The summed E-state index contributed by atoms with van der Waals surface area (Å²) in [6.45, 7) is 1.70. The summed E-state index contributed by atoms with van der Waals surface area (Å²) in [5.74, 6) is -0.444. The minimum atomic E-state index is -0.526. The van der Waals surface area contributed by atoms with Crippen LogP contribution in [0.4, 0.5) is 4.79 Å². The second kappa shape index (κ2) is 6.04. The second-order valence-corrected chi connectivity index (χ2v) is 5.10. The number of amides is 3. The zero-order valence-corrected chi connectivity index (χ0v) is 10.7. The average Bonchev–Trinajstić information content (AvgIpc) is 2.40. The second-order valence-electron chi connectivity index (χ2n) is 5.10. The molecule has 1 saturated heterocycles. The molecule has 0 aromatic rings. The maximum absolute atomic E-state index is 12.2. The van der Waals surface area contributed by atoms with Gasteiger partial charge in [0.15, 0.2) is 0 Å². The van der Waals surface area contributed by atoms with E-state index in [1.54, 1.807) is 4.90 Å². The van der Waals surface area contributed by atoms with E-state index in [0.717, 1.165) is 12.8 Å². The number of hydrogen-bond acceptors (Lipinski definition) is 3. The zero-order valence-electron chi connectivity index (χ0n) is 10.7. The molecule has 4 N–H and O–H groups in total. The van der Waals surface area contributed by atoms with Crippen molar-refractivity contribution in [1.29, 1.82) is 0 Å². The molecule has 1 heterocycles. The van der Waals surface area contributed by atoms with Crippen LogP contribution < -0.4 is 16.4 Å². The predicted molar refractivity (Wildman–Crippen MR) is 68.0 cm³/mol. The molecule has 6 heteroatoms. The largest absolute Gasteiger partial charge is 0.368 e. The first-order valence-electron chi connectivity index (χ1n) is 6.75. The molecule has 0 spiro atoms. The number of carbonyl (C=O) groups excluding carboxylic acids is 2. The lowest BCUT2D eigenvalue weighted by molar-refractivity contribution is -0.122. The molecule has 0 radical (unpaired) electrons. The van der Waals surface area contributed by atoms with E-state index in [1.165, 1.54) is 19.3 Å². The Labute approximate surface area is 107 Å². The zero-order chi connectivity index (χ0) is 13.0. The third-order valence-corrected chi connectivity index (χ3v) is 3.77.